The molecule has 45 heavy (non-hydrogen) atoms. The third-order valence-corrected chi connectivity index (χ3v) is 16.8. The van der Waals surface area contributed by atoms with E-state index in [9.17, 15) is 0 Å². The summed E-state index contributed by atoms with van der Waals surface area (Å²) in [6.07, 6.45) is 19.3. The average Bonchev–Trinajstić information content (AvgIpc) is 3.71. The zero-order chi connectivity index (χ0) is 31.3. The maximum Gasteiger partial charge on any atom is 0.0665 e. The van der Waals surface area contributed by atoms with Crippen LogP contribution in [-0.4, -0.2) is 42.2 Å². The number of rotatable bonds is 7. The Labute approximate surface area is 288 Å². The van der Waals surface area contributed by atoms with Crippen LogP contribution < -0.4 is 10.4 Å². The SMILES string of the molecule is C[Si](C)(C)c1c(C2(CP)C3CC4CC(C3)CC2C4)c(C(P)(c2cnccn2)c2cnccn2)c[c-]1[Si](C)(C)C.[Fe].[cH-]1[cH-][cH-][cH-][cH-]1. The predicted octanol–water partition coefficient (Wildman–Crippen LogP) is 7.21. The summed E-state index contributed by atoms with van der Waals surface area (Å²) in [5.41, 5.74) is 5.17. The maximum atomic E-state index is 4.96. The third-order valence-electron chi connectivity index (χ3n) is 10.9. The zero-order valence-electron chi connectivity index (χ0n) is 27.8. The van der Waals surface area contributed by atoms with Crippen LogP contribution in [0.1, 0.15) is 54.6 Å². The van der Waals surface area contributed by atoms with Crippen molar-refractivity contribution >= 4 is 45.0 Å². The van der Waals surface area contributed by atoms with Gasteiger partial charge >= 0.3 is 0 Å². The van der Waals surface area contributed by atoms with Crippen molar-refractivity contribution in [1.29, 1.82) is 0 Å². The Hall–Kier alpha value is -1.33. The van der Waals surface area contributed by atoms with Gasteiger partial charge in [0.05, 0.1) is 19.5 Å². The molecule has 4 fully saturated rings. The second-order valence-electron chi connectivity index (χ2n) is 15.7. The van der Waals surface area contributed by atoms with Gasteiger partial charge in [0.1, 0.15) is 0 Å². The minimum Gasteiger partial charge on any atom is -0.748 e. The molecule has 0 N–H and O–H groups in total. The van der Waals surface area contributed by atoms with Crippen molar-refractivity contribution in [2.24, 2.45) is 23.7 Å². The van der Waals surface area contributed by atoms with E-state index in [1.807, 2.05) is 55.1 Å². The monoisotopic (exact) mass is 712 g/mol. The summed E-state index contributed by atoms with van der Waals surface area (Å²) >= 11 is 0. The number of nitrogens with zero attached hydrogens (tertiary/aromatic N) is 4. The number of aromatic nitrogens is 4. The van der Waals surface area contributed by atoms with E-state index in [-0.39, 0.29) is 22.5 Å². The molecule has 2 atom stereocenters. The van der Waals surface area contributed by atoms with E-state index in [0.29, 0.717) is 0 Å². The molecule has 246 valence electrons. The van der Waals surface area contributed by atoms with Gasteiger partial charge in [-0.3, -0.25) is 19.9 Å². The normalized spacial score (nSPS) is 25.8. The largest absolute Gasteiger partial charge is 0.748 e. The van der Waals surface area contributed by atoms with Crippen LogP contribution in [0.2, 0.25) is 39.3 Å². The first-order chi connectivity index (χ1) is 20.9. The minimum atomic E-state index is -1.75. The first-order valence-electron chi connectivity index (χ1n) is 16.4. The van der Waals surface area contributed by atoms with Gasteiger partial charge in [-0.2, -0.15) is 27.6 Å². The van der Waals surface area contributed by atoms with Crippen molar-refractivity contribution in [3.05, 3.63) is 96.1 Å². The smallest absolute Gasteiger partial charge is 0.0665 e. The summed E-state index contributed by atoms with van der Waals surface area (Å²) in [5.74, 6) is 3.39. The van der Waals surface area contributed by atoms with Crippen LogP contribution in [0.15, 0.2) is 73.6 Å². The average molecular weight is 713 g/mol. The van der Waals surface area contributed by atoms with Gasteiger partial charge < -0.3 is 30.3 Å². The van der Waals surface area contributed by atoms with Crippen molar-refractivity contribution in [2.45, 2.75) is 82.0 Å². The fraction of sp³-hybridized carbons (Fsp3) is 0.500. The quantitative estimate of drug-likeness (QED) is 0.116. The Balaban J connectivity index is 0.000000609. The first-order valence-corrected chi connectivity index (χ1v) is 24.8. The standard InChI is InChI=1S/C31H45N4P2Si2.C5H5.Fe/c1-38(2,3)25-16-24(31(37,26-17-32-7-9-34-26)27-18-33-8-10-35-27)28(29(25)39(4,5)6)30(19-36)22-12-20-11-21(14-22)15-23(30)13-20;1-2-4-5-3-1;/h7-10,16-18,20-23H,11-15,19,36-37H2,1-6H3;1-5H;/q-1;-5;. The van der Waals surface area contributed by atoms with E-state index in [1.165, 1.54) is 37.7 Å². The maximum absolute atomic E-state index is 4.96. The Morgan fingerprint density at radius 1 is 0.800 bits per heavy atom. The molecular weight excluding hydrogens is 662 g/mol. The molecule has 9 heteroatoms. The van der Waals surface area contributed by atoms with Gasteiger partial charge in [0.2, 0.25) is 0 Å². The molecule has 0 saturated heterocycles. The molecule has 0 radical (unpaired) electrons. The van der Waals surface area contributed by atoms with Gasteiger partial charge in [0, 0.05) is 67.5 Å². The van der Waals surface area contributed by atoms with Gasteiger partial charge in [-0.25, -0.2) is 0 Å². The predicted molar refractivity (Wildman–Crippen MR) is 197 cm³/mol. The fourth-order valence-electron chi connectivity index (χ4n) is 9.33. The first kappa shape index (κ1) is 35.0. The molecular formula is C36H50FeN4P2Si2-6. The molecule has 4 aliphatic rings. The van der Waals surface area contributed by atoms with Gasteiger partial charge in [0.25, 0.3) is 0 Å². The van der Waals surface area contributed by atoms with E-state index >= 15 is 0 Å². The van der Waals surface area contributed by atoms with Gasteiger partial charge in [-0.05, 0) is 61.9 Å². The van der Waals surface area contributed by atoms with Gasteiger partial charge in [-0.15, -0.1) is 18.5 Å². The topological polar surface area (TPSA) is 51.6 Å². The van der Waals surface area contributed by atoms with Crippen molar-refractivity contribution < 1.29 is 17.1 Å². The second kappa shape index (κ2) is 13.3. The Bertz CT molecular complexity index is 1460. The molecule has 4 bridgehead atoms. The molecule has 0 amide bonds. The summed E-state index contributed by atoms with van der Waals surface area (Å²) in [5, 5.41) is 2.81. The van der Waals surface area contributed by atoms with Crippen LogP contribution in [0.4, 0.5) is 0 Å². The summed E-state index contributed by atoms with van der Waals surface area (Å²) < 4.78 is 0. The number of hydrogen-bond acceptors (Lipinski definition) is 4. The van der Waals surface area contributed by atoms with E-state index in [0.717, 1.165) is 41.2 Å². The molecule has 4 saturated carbocycles. The third kappa shape index (κ3) is 6.20. The molecule has 2 aromatic heterocycles. The van der Waals surface area contributed by atoms with Crippen molar-refractivity contribution in [3.8, 4) is 0 Å². The van der Waals surface area contributed by atoms with Gasteiger partial charge in [-0.1, -0.05) is 44.7 Å². The van der Waals surface area contributed by atoms with Crippen LogP contribution in [-0.2, 0) is 27.6 Å². The minimum absolute atomic E-state index is 0. The van der Waals surface area contributed by atoms with Crippen LogP contribution >= 0.6 is 18.5 Å². The van der Waals surface area contributed by atoms with Crippen LogP contribution in [0.25, 0.3) is 0 Å². The summed E-state index contributed by atoms with van der Waals surface area (Å²) in [7, 11) is 3.10. The molecule has 8 rings (SSSR count). The molecule has 4 nitrogen and oxygen atoms in total. The molecule has 2 heterocycles. The zero-order valence-corrected chi connectivity index (χ0v) is 33.2. The van der Waals surface area contributed by atoms with Crippen LogP contribution in [0.3, 0.4) is 0 Å². The second-order valence-corrected chi connectivity index (χ2v) is 27.0. The summed E-state index contributed by atoms with van der Waals surface area (Å²) in [6.45, 7) is 15.4. The van der Waals surface area contributed by atoms with Crippen molar-refractivity contribution in [3.63, 3.8) is 0 Å². The van der Waals surface area contributed by atoms with E-state index in [2.05, 4.69) is 73.8 Å². The van der Waals surface area contributed by atoms with Crippen molar-refractivity contribution in [1.82, 2.24) is 19.9 Å². The van der Waals surface area contributed by atoms with Crippen molar-refractivity contribution in [2.75, 3.05) is 6.16 Å². The Morgan fingerprint density at radius 3 is 1.62 bits per heavy atom. The summed E-state index contributed by atoms with van der Waals surface area (Å²) in [6, 6.07) is 12.6. The molecule has 2 aromatic carbocycles. The molecule has 2 unspecified atom stereocenters. The Kier molecular flexibility index (Phi) is 10.3. The summed E-state index contributed by atoms with van der Waals surface area (Å²) in [4.78, 5) is 19.1. The van der Waals surface area contributed by atoms with Gasteiger partial charge in [0.15, 0.2) is 0 Å². The van der Waals surface area contributed by atoms with E-state index in [4.69, 9.17) is 9.97 Å². The molecule has 0 spiro atoms. The number of hydrogen-bond donors (Lipinski definition) is 0. The van der Waals surface area contributed by atoms with E-state index < -0.39 is 21.3 Å². The fourth-order valence-corrected chi connectivity index (χ4v) is 16.4. The molecule has 0 aliphatic heterocycles. The van der Waals surface area contributed by atoms with Crippen LogP contribution in [0.5, 0.6) is 0 Å². The molecule has 4 aliphatic carbocycles. The van der Waals surface area contributed by atoms with E-state index in [1.54, 1.807) is 28.3 Å². The molecule has 4 aromatic rings. The Morgan fingerprint density at radius 2 is 1.27 bits per heavy atom. The van der Waals surface area contributed by atoms with Crippen LogP contribution in [0, 0.1) is 23.7 Å².